The largest absolute Gasteiger partial charge is 0.489 e. The van der Waals surface area contributed by atoms with E-state index in [9.17, 15) is 14.4 Å². The Hall–Kier alpha value is -2.45. The fourth-order valence-electron chi connectivity index (χ4n) is 6.47. The number of amides is 3. The second kappa shape index (κ2) is 8.96. The van der Waals surface area contributed by atoms with Gasteiger partial charge in [0.25, 0.3) is 5.91 Å². The zero-order chi connectivity index (χ0) is 23.2. The number of carbonyl (C=O) groups excluding carboxylic acids is 3. The summed E-state index contributed by atoms with van der Waals surface area (Å²) in [5.41, 5.74) is 1.52. The monoisotopic (exact) mass is 467 g/mol. The lowest BCUT2D eigenvalue weighted by Crippen LogP contribution is -2.59. The number of piperidine rings is 1. The van der Waals surface area contributed by atoms with Gasteiger partial charge in [0, 0.05) is 50.9 Å². The van der Waals surface area contributed by atoms with E-state index in [0.29, 0.717) is 24.6 Å². The van der Waals surface area contributed by atoms with E-state index in [4.69, 9.17) is 9.47 Å². The van der Waals surface area contributed by atoms with Gasteiger partial charge in [-0.05, 0) is 67.7 Å². The number of carbonyl (C=O) groups is 3. The highest BCUT2D eigenvalue weighted by Crippen LogP contribution is 2.37. The van der Waals surface area contributed by atoms with Gasteiger partial charge in [-0.2, -0.15) is 0 Å². The number of hydrogen-bond acceptors (Lipinski definition) is 6. The normalized spacial score (nSPS) is 32.5. The molecule has 182 valence electrons. The second-order valence-electron chi connectivity index (χ2n) is 10.6. The summed E-state index contributed by atoms with van der Waals surface area (Å²) in [4.78, 5) is 40.9. The molecule has 4 unspecified atom stereocenters. The van der Waals surface area contributed by atoms with Crippen molar-refractivity contribution >= 4 is 17.7 Å². The predicted molar refractivity (Wildman–Crippen MR) is 123 cm³/mol. The van der Waals surface area contributed by atoms with Crippen LogP contribution in [-0.4, -0.2) is 72.0 Å². The maximum atomic E-state index is 13.0. The van der Waals surface area contributed by atoms with Crippen LogP contribution in [0.5, 0.6) is 5.75 Å². The predicted octanol–water partition coefficient (Wildman–Crippen LogP) is 2.11. The number of likely N-dealkylation sites (tertiary alicyclic amines) is 1. The number of nitrogens with one attached hydrogen (secondary N) is 1. The van der Waals surface area contributed by atoms with E-state index in [2.05, 4.69) is 10.2 Å². The lowest BCUT2D eigenvalue weighted by Gasteiger charge is -2.50. The van der Waals surface area contributed by atoms with Crippen LogP contribution in [0.4, 0.5) is 0 Å². The van der Waals surface area contributed by atoms with Crippen molar-refractivity contribution in [2.45, 2.75) is 69.7 Å². The Morgan fingerprint density at radius 3 is 2.65 bits per heavy atom. The number of rotatable bonds is 5. The minimum absolute atomic E-state index is 0.144. The third-order valence-corrected chi connectivity index (χ3v) is 8.49. The molecule has 4 fully saturated rings. The number of hydrogen-bond donors (Lipinski definition) is 1. The number of imide groups is 1. The first-order valence-corrected chi connectivity index (χ1v) is 12.8. The summed E-state index contributed by atoms with van der Waals surface area (Å²) < 4.78 is 12.1. The summed E-state index contributed by atoms with van der Waals surface area (Å²) in [6.45, 7) is 4.52. The zero-order valence-electron chi connectivity index (χ0n) is 19.5. The van der Waals surface area contributed by atoms with E-state index in [1.807, 2.05) is 18.2 Å². The minimum Gasteiger partial charge on any atom is -0.489 e. The zero-order valence-corrected chi connectivity index (χ0v) is 19.5. The molecule has 0 aromatic heterocycles. The molecule has 4 aliphatic heterocycles. The van der Waals surface area contributed by atoms with Crippen LogP contribution < -0.4 is 10.1 Å². The van der Waals surface area contributed by atoms with Crippen LogP contribution in [0, 0.1) is 11.8 Å². The first-order chi connectivity index (χ1) is 16.6. The van der Waals surface area contributed by atoms with Crippen LogP contribution in [0.2, 0.25) is 0 Å². The van der Waals surface area contributed by atoms with Gasteiger partial charge in [-0.25, -0.2) is 0 Å². The molecule has 0 spiro atoms. The van der Waals surface area contributed by atoms with Crippen molar-refractivity contribution in [2.75, 3.05) is 26.3 Å². The van der Waals surface area contributed by atoms with E-state index in [0.717, 1.165) is 55.9 Å². The van der Waals surface area contributed by atoms with E-state index in [1.54, 1.807) is 4.90 Å². The van der Waals surface area contributed by atoms with Gasteiger partial charge < -0.3 is 14.4 Å². The second-order valence-corrected chi connectivity index (χ2v) is 10.6. The van der Waals surface area contributed by atoms with Crippen LogP contribution >= 0.6 is 0 Å². The average molecular weight is 468 g/mol. The number of fused-ring (bicyclic) bond motifs is 1. The Bertz CT molecular complexity index is 985. The smallest absolute Gasteiger partial charge is 0.255 e. The molecule has 4 atom stereocenters. The molecule has 0 bridgehead atoms. The third-order valence-electron chi connectivity index (χ3n) is 8.49. The molecule has 8 heteroatoms. The Kier molecular flexibility index (Phi) is 5.81. The van der Waals surface area contributed by atoms with Crippen LogP contribution in [-0.2, 0) is 20.9 Å². The molecule has 1 saturated carbocycles. The molecule has 1 aromatic carbocycles. The standard InChI is InChI=1S/C26H33N3O5/c30-24-8-7-22(25(31)27-24)29-14-17-11-19(5-6-20(17)26(29)32)34-23-4-2-1-3-21(23)28-12-18(13-28)16-9-10-33-15-16/h5-6,11,16,18,21-23H,1-4,7-10,12-15H2,(H,27,30,31). The van der Waals surface area contributed by atoms with Gasteiger partial charge >= 0.3 is 0 Å². The molecule has 5 aliphatic rings. The van der Waals surface area contributed by atoms with E-state index in [1.165, 1.54) is 25.7 Å². The number of benzene rings is 1. The van der Waals surface area contributed by atoms with Crippen LogP contribution in [0.25, 0.3) is 0 Å². The summed E-state index contributed by atoms with van der Waals surface area (Å²) in [5, 5.41) is 2.36. The van der Waals surface area contributed by atoms with Crippen molar-refractivity contribution in [1.29, 1.82) is 0 Å². The topological polar surface area (TPSA) is 88.2 Å². The molecule has 0 radical (unpaired) electrons. The summed E-state index contributed by atoms with van der Waals surface area (Å²) in [7, 11) is 0. The van der Waals surface area contributed by atoms with Crippen molar-refractivity contribution in [3.63, 3.8) is 0 Å². The summed E-state index contributed by atoms with van der Waals surface area (Å²) >= 11 is 0. The highest BCUT2D eigenvalue weighted by Gasteiger charge is 2.43. The lowest BCUT2D eigenvalue weighted by atomic mass is 9.81. The number of nitrogens with zero attached hydrogens (tertiary/aromatic N) is 2. The highest BCUT2D eigenvalue weighted by atomic mass is 16.5. The third kappa shape index (κ3) is 4.01. The molecule has 8 nitrogen and oxygen atoms in total. The quantitative estimate of drug-likeness (QED) is 0.668. The molecule has 1 aromatic rings. The van der Waals surface area contributed by atoms with Gasteiger partial charge in [0.05, 0.1) is 0 Å². The average Bonchev–Trinajstić information content (AvgIpc) is 3.42. The van der Waals surface area contributed by atoms with E-state index in [-0.39, 0.29) is 30.2 Å². The van der Waals surface area contributed by atoms with Crippen molar-refractivity contribution in [3.8, 4) is 5.75 Å². The SMILES string of the molecule is O=C1CCC(N2Cc3cc(OC4CCCCC4N4CC(C5CCOC5)C4)ccc3C2=O)C(=O)N1. The number of ether oxygens (including phenoxy) is 2. The Morgan fingerprint density at radius 2 is 1.85 bits per heavy atom. The lowest BCUT2D eigenvalue weighted by molar-refractivity contribution is -0.136. The van der Waals surface area contributed by atoms with Crippen LogP contribution in [0.3, 0.4) is 0 Å². The van der Waals surface area contributed by atoms with Crippen molar-refractivity contribution in [3.05, 3.63) is 29.3 Å². The van der Waals surface area contributed by atoms with Crippen molar-refractivity contribution in [1.82, 2.24) is 15.1 Å². The fraction of sp³-hybridized carbons (Fsp3) is 0.654. The van der Waals surface area contributed by atoms with Crippen molar-refractivity contribution < 1.29 is 23.9 Å². The molecule has 6 rings (SSSR count). The molecular weight excluding hydrogens is 434 g/mol. The van der Waals surface area contributed by atoms with Gasteiger partial charge in [-0.15, -0.1) is 0 Å². The first kappa shape index (κ1) is 22.0. The first-order valence-electron chi connectivity index (χ1n) is 12.8. The maximum absolute atomic E-state index is 13.0. The molecule has 3 amide bonds. The summed E-state index contributed by atoms with van der Waals surface area (Å²) in [5.74, 6) is 1.49. The van der Waals surface area contributed by atoms with Gasteiger partial charge in [0.2, 0.25) is 11.8 Å². The fourth-order valence-corrected chi connectivity index (χ4v) is 6.47. The summed E-state index contributed by atoms with van der Waals surface area (Å²) in [6, 6.07) is 5.55. The Labute approximate surface area is 199 Å². The molecular formula is C26H33N3O5. The summed E-state index contributed by atoms with van der Waals surface area (Å²) in [6.07, 6.45) is 6.66. The molecule has 1 N–H and O–H groups in total. The van der Waals surface area contributed by atoms with Crippen molar-refractivity contribution in [2.24, 2.45) is 11.8 Å². The highest BCUT2D eigenvalue weighted by molar-refractivity contribution is 6.05. The molecule has 3 saturated heterocycles. The van der Waals surface area contributed by atoms with Crippen LogP contribution in [0.15, 0.2) is 18.2 Å². The van der Waals surface area contributed by atoms with Gasteiger partial charge in [0.1, 0.15) is 17.9 Å². The minimum atomic E-state index is -0.589. The van der Waals surface area contributed by atoms with E-state index < -0.39 is 6.04 Å². The molecule has 1 aliphatic carbocycles. The van der Waals surface area contributed by atoms with Gasteiger partial charge in [-0.3, -0.25) is 24.6 Å². The van der Waals surface area contributed by atoms with E-state index >= 15 is 0 Å². The Balaban J connectivity index is 1.11. The Morgan fingerprint density at radius 1 is 1.00 bits per heavy atom. The van der Waals surface area contributed by atoms with Gasteiger partial charge in [0.15, 0.2) is 0 Å². The molecule has 34 heavy (non-hydrogen) atoms. The van der Waals surface area contributed by atoms with Crippen LogP contribution in [0.1, 0.15) is 60.9 Å². The maximum Gasteiger partial charge on any atom is 0.255 e. The molecule has 4 heterocycles. The van der Waals surface area contributed by atoms with Gasteiger partial charge in [-0.1, -0.05) is 6.42 Å².